The first-order valence-corrected chi connectivity index (χ1v) is 8.50. The molecule has 21 heavy (non-hydrogen) atoms. The van der Waals surface area contributed by atoms with Crippen molar-refractivity contribution in [3.8, 4) is 0 Å². The molecule has 1 aliphatic rings. The highest BCUT2D eigenvalue weighted by atomic mass is 79.9. The molecule has 0 spiro atoms. The predicted molar refractivity (Wildman–Crippen MR) is 82.6 cm³/mol. The van der Waals surface area contributed by atoms with E-state index in [-0.39, 0.29) is 17.1 Å². The number of fused-ring (bicyclic) bond motifs is 1. The zero-order valence-corrected chi connectivity index (χ0v) is 13.2. The SMILES string of the molecule is O=C(Cc1ccc2c(c1)S(=O)(=O)C=C2)c1ccnc(Br)c1. The lowest BCUT2D eigenvalue weighted by molar-refractivity contribution is 0.0992. The monoisotopic (exact) mass is 363 g/mol. The second-order valence-corrected chi connectivity index (χ2v) is 7.30. The number of nitrogens with zero attached hydrogens (tertiary/aromatic N) is 1. The number of pyridine rings is 1. The molecule has 0 fully saturated rings. The number of halogens is 1. The van der Waals surface area contributed by atoms with Crippen molar-refractivity contribution in [2.24, 2.45) is 0 Å². The van der Waals surface area contributed by atoms with Gasteiger partial charge in [0.2, 0.25) is 0 Å². The van der Waals surface area contributed by atoms with Crippen molar-refractivity contribution in [1.82, 2.24) is 4.98 Å². The fraction of sp³-hybridized carbons (Fsp3) is 0.0667. The molecule has 1 aromatic heterocycles. The van der Waals surface area contributed by atoms with Gasteiger partial charge in [-0.3, -0.25) is 4.79 Å². The summed E-state index contributed by atoms with van der Waals surface area (Å²) in [5.74, 6) is -0.0820. The van der Waals surface area contributed by atoms with Crippen LogP contribution in [0.1, 0.15) is 21.5 Å². The number of rotatable bonds is 3. The van der Waals surface area contributed by atoms with Crippen LogP contribution in [0.25, 0.3) is 6.08 Å². The molecule has 6 heteroatoms. The van der Waals surface area contributed by atoms with E-state index in [2.05, 4.69) is 20.9 Å². The standard InChI is InChI=1S/C15H10BrNO3S/c16-15-9-12(3-5-17-15)13(18)7-10-1-2-11-4-6-21(19,20)14(11)8-10/h1-6,8-9H,7H2. The third kappa shape index (κ3) is 2.82. The lowest BCUT2D eigenvalue weighted by Gasteiger charge is -2.05. The Kier molecular flexibility index (Phi) is 3.51. The molecule has 0 bridgehead atoms. The molecule has 106 valence electrons. The molecule has 0 aliphatic carbocycles. The highest BCUT2D eigenvalue weighted by molar-refractivity contribution is 9.10. The van der Waals surface area contributed by atoms with E-state index in [0.29, 0.717) is 21.3 Å². The van der Waals surface area contributed by atoms with Crippen LogP contribution in [0.5, 0.6) is 0 Å². The van der Waals surface area contributed by atoms with Gasteiger partial charge < -0.3 is 0 Å². The minimum atomic E-state index is -3.34. The Hall–Kier alpha value is -1.79. The van der Waals surface area contributed by atoms with Crippen LogP contribution in [0.3, 0.4) is 0 Å². The first-order valence-electron chi connectivity index (χ1n) is 6.16. The van der Waals surface area contributed by atoms with Gasteiger partial charge in [-0.05, 0) is 51.3 Å². The second kappa shape index (κ2) is 5.20. The average Bonchev–Trinajstić information content (AvgIpc) is 2.74. The largest absolute Gasteiger partial charge is 0.294 e. The van der Waals surface area contributed by atoms with Gasteiger partial charge in [0.25, 0.3) is 0 Å². The minimum absolute atomic E-state index is 0.0820. The number of aromatic nitrogens is 1. The van der Waals surface area contributed by atoms with E-state index >= 15 is 0 Å². The van der Waals surface area contributed by atoms with Crippen LogP contribution in [0.4, 0.5) is 0 Å². The molecule has 1 aromatic carbocycles. The van der Waals surface area contributed by atoms with Gasteiger partial charge in [-0.15, -0.1) is 0 Å². The van der Waals surface area contributed by atoms with Crippen LogP contribution in [0, 0.1) is 0 Å². The zero-order chi connectivity index (χ0) is 15.0. The normalized spacial score (nSPS) is 14.9. The summed E-state index contributed by atoms with van der Waals surface area (Å²) in [5, 5.41) is 1.18. The van der Waals surface area contributed by atoms with E-state index < -0.39 is 9.84 Å². The van der Waals surface area contributed by atoms with Crippen molar-refractivity contribution in [1.29, 1.82) is 0 Å². The molecule has 3 rings (SSSR count). The van der Waals surface area contributed by atoms with Crippen molar-refractivity contribution >= 4 is 37.6 Å². The predicted octanol–water partition coefficient (Wildman–Crippen LogP) is 3.03. The van der Waals surface area contributed by atoms with Crippen LogP contribution in [-0.4, -0.2) is 19.2 Å². The fourth-order valence-corrected chi connectivity index (χ4v) is 3.79. The molecule has 2 heterocycles. The summed E-state index contributed by atoms with van der Waals surface area (Å²) in [4.78, 5) is 16.5. The summed E-state index contributed by atoms with van der Waals surface area (Å²) in [6.45, 7) is 0. The molecule has 4 nitrogen and oxygen atoms in total. The van der Waals surface area contributed by atoms with Crippen LogP contribution in [0.2, 0.25) is 0 Å². The Labute approximate surface area is 130 Å². The maximum Gasteiger partial charge on any atom is 0.200 e. The number of carbonyl (C=O) groups excluding carboxylic acids is 1. The molecule has 0 N–H and O–H groups in total. The summed E-state index contributed by atoms with van der Waals surface area (Å²) >= 11 is 3.22. The van der Waals surface area contributed by atoms with Crippen LogP contribution in [0.15, 0.2) is 51.4 Å². The first kappa shape index (κ1) is 14.2. The molecule has 1 aliphatic heterocycles. The summed E-state index contributed by atoms with van der Waals surface area (Å²) < 4.78 is 24.2. The Morgan fingerprint density at radius 3 is 2.76 bits per heavy atom. The summed E-state index contributed by atoms with van der Waals surface area (Å²) in [7, 11) is -3.34. The topological polar surface area (TPSA) is 64.1 Å². The Bertz CT molecular complexity index is 872. The van der Waals surface area contributed by atoms with Gasteiger partial charge in [0.05, 0.1) is 4.90 Å². The average molecular weight is 364 g/mol. The maximum atomic E-state index is 12.2. The zero-order valence-electron chi connectivity index (χ0n) is 10.8. The van der Waals surface area contributed by atoms with Crippen molar-refractivity contribution < 1.29 is 13.2 Å². The molecular formula is C15H10BrNO3S. The summed E-state index contributed by atoms with van der Waals surface area (Å²) in [6, 6.07) is 8.35. The van der Waals surface area contributed by atoms with Crippen molar-refractivity contribution in [3.05, 3.63) is 63.2 Å². The van der Waals surface area contributed by atoms with E-state index in [9.17, 15) is 13.2 Å². The highest BCUT2D eigenvalue weighted by Crippen LogP contribution is 2.28. The lowest BCUT2D eigenvalue weighted by Crippen LogP contribution is -2.05. The van der Waals surface area contributed by atoms with Gasteiger partial charge in [-0.1, -0.05) is 12.1 Å². The molecule has 0 amide bonds. The van der Waals surface area contributed by atoms with E-state index in [4.69, 9.17) is 0 Å². The summed E-state index contributed by atoms with van der Waals surface area (Å²) in [6.07, 6.45) is 3.27. The molecule has 0 saturated carbocycles. The second-order valence-electron chi connectivity index (χ2n) is 4.69. The van der Waals surface area contributed by atoms with Gasteiger partial charge in [-0.25, -0.2) is 13.4 Å². The number of Topliss-reactive ketones (excluding diaryl/α,β-unsaturated/α-hetero) is 1. The molecule has 0 unspecified atom stereocenters. The number of hydrogen-bond acceptors (Lipinski definition) is 4. The minimum Gasteiger partial charge on any atom is -0.294 e. The number of hydrogen-bond donors (Lipinski definition) is 0. The van der Waals surface area contributed by atoms with E-state index in [0.717, 1.165) is 0 Å². The molecule has 2 aromatic rings. The quantitative estimate of drug-likeness (QED) is 0.620. The summed E-state index contributed by atoms with van der Waals surface area (Å²) in [5.41, 5.74) is 1.88. The molecule has 0 saturated heterocycles. The van der Waals surface area contributed by atoms with Crippen LogP contribution >= 0.6 is 15.9 Å². The highest BCUT2D eigenvalue weighted by Gasteiger charge is 2.21. The molecule has 0 atom stereocenters. The number of sulfone groups is 1. The van der Waals surface area contributed by atoms with Crippen LogP contribution < -0.4 is 0 Å². The Morgan fingerprint density at radius 1 is 1.19 bits per heavy atom. The Balaban J connectivity index is 1.89. The number of benzene rings is 1. The third-order valence-corrected chi connectivity index (χ3v) is 5.12. The third-order valence-electron chi connectivity index (χ3n) is 3.22. The fourth-order valence-electron chi connectivity index (χ4n) is 2.17. The van der Waals surface area contributed by atoms with Crippen LogP contribution in [-0.2, 0) is 16.3 Å². The maximum absolute atomic E-state index is 12.2. The van der Waals surface area contributed by atoms with E-state index in [1.165, 1.54) is 5.41 Å². The molecular weight excluding hydrogens is 354 g/mol. The van der Waals surface area contributed by atoms with Gasteiger partial charge in [0, 0.05) is 23.6 Å². The van der Waals surface area contributed by atoms with Gasteiger partial charge in [-0.2, -0.15) is 0 Å². The van der Waals surface area contributed by atoms with Gasteiger partial charge >= 0.3 is 0 Å². The van der Waals surface area contributed by atoms with Gasteiger partial charge in [0.15, 0.2) is 15.6 Å². The molecule has 0 radical (unpaired) electrons. The Morgan fingerprint density at radius 2 is 2.00 bits per heavy atom. The number of ketones is 1. The van der Waals surface area contributed by atoms with Crippen molar-refractivity contribution in [2.75, 3.05) is 0 Å². The first-order chi connectivity index (χ1) is 9.95. The van der Waals surface area contributed by atoms with Crippen molar-refractivity contribution in [3.63, 3.8) is 0 Å². The van der Waals surface area contributed by atoms with E-state index in [1.807, 2.05) is 0 Å². The number of carbonyl (C=O) groups is 1. The lowest BCUT2D eigenvalue weighted by atomic mass is 10.0. The smallest absolute Gasteiger partial charge is 0.200 e. The van der Waals surface area contributed by atoms with Crippen molar-refractivity contribution in [2.45, 2.75) is 11.3 Å². The van der Waals surface area contributed by atoms with Gasteiger partial charge in [0.1, 0.15) is 4.60 Å². The van der Waals surface area contributed by atoms with E-state index in [1.54, 1.807) is 42.6 Å².